The van der Waals surface area contributed by atoms with Gasteiger partial charge in [-0.25, -0.2) is 0 Å². The molecule has 0 amide bonds. The maximum atomic E-state index is 12.2. The summed E-state index contributed by atoms with van der Waals surface area (Å²) in [5, 5.41) is 20.2. The predicted molar refractivity (Wildman–Crippen MR) is 49.2 cm³/mol. The number of aliphatic hydroxyl groups is 1. The molecule has 1 aromatic rings. The second-order valence-electron chi connectivity index (χ2n) is 3.10. The number of pyridine rings is 1. The van der Waals surface area contributed by atoms with Gasteiger partial charge in [0.05, 0.1) is 5.69 Å². The summed E-state index contributed by atoms with van der Waals surface area (Å²) < 4.78 is 36.6. The van der Waals surface area contributed by atoms with Gasteiger partial charge in [0, 0.05) is 6.20 Å². The van der Waals surface area contributed by atoms with E-state index < -0.39 is 12.3 Å². The molecule has 0 bridgehead atoms. The van der Waals surface area contributed by atoms with Gasteiger partial charge in [-0.2, -0.15) is 13.2 Å². The smallest absolute Gasteiger partial charge is 0.411 e. The molecule has 16 heavy (non-hydrogen) atoms. The van der Waals surface area contributed by atoms with E-state index >= 15 is 0 Å². The lowest BCUT2D eigenvalue weighted by atomic mass is 10.1. The van der Waals surface area contributed by atoms with E-state index in [1.807, 2.05) is 0 Å². The molecular formula is C9H9F3N2O2. The van der Waals surface area contributed by atoms with Gasteiger partial charge in [-0.15, -0.1) is 0 Å². The zero-order chi connectivity index (χ0) is 12.3. The van der Waals surface area contributed by atoms with E-state index in [9.17, 15) is 13.2 Å². The Hall–Kier alpha value is -1.63. The van der Waals surface area contributed by atoms with Crippen LogP contribution in [0.2, 0.25) is 0 Å². The van der Waals surface area contributed by atoms with Crippen molar-refractivity contribution in [1.29, 1.82) is 0 Å². The number of hydrogen-bond donors (Lipinski definition) is 2. The molecule has 0 aliphatic heterocycles. The molecule has 1 rings (SSSR count). The van der Waals surface area contributed by atoms with Crippen molar-refractivity contribution in [2.24, 2.45) is 5.16 Å². The van der Waals surface area contributed by atoms with Gasteiger partial charge in [0.1, 0.15) is 5.71 Å². The minimum Gasteiger partial charge on any atom is -0.411 e. The molecule has 4 nitrogen and oxygen atoms in total. The topological polar surface area (TPSA) is 65.7 Å². The molecule has 1 atom stereocenters. The van der Waals surface area contributed by atoms with Gasteiger partial charge in [-0.1, -0.05) is 5.16 Å². The molecule has 88 valence electrons. The number of halogens is 3. The van der Waals surface area contributed by atoms with Crippen LogP contribution in [0.15, 0.2) is 23.5 Å². The van der Waals surface area contributed by atoms with E-state index in [0.717, 1.165) is 18.3 Å². The normalized spacial score (nSPS) is 14.9. The van der Waals surface area contributed by atoms with E-state index in [0.29, 0.717) is 0 Å². The fraction of sp³-hybridized carbons (Fsp3) is 0.333. The molecule has 0 radical (unpaired) electrons. The molecule has 0 aliphatic rings. The fourth-order valence-electron chi connectivity index (χ4n) is 1.06. The Balaban J connectivity index is 3.08. The van der Waals surface area contributed by atoms with E-state index in [1.54, 1.807) is 0 Å². The minimum atomic E-state index is -4.73. The Morgan fingerprint density at radius 2 is 2.12 bits per heavy atom. The van der Waals surface area contributed by atoms with Crippen LogP contribution >= 0.6 is 0 Å². The maximum absolute atomic E-state index is 12.2. The molecule has 0 saturated heterocycles. The molecule has 0 spiro atoms. The van der Waals surface area contributed by atoms with Crippen molar-refractivity contribution in [2.45, 2.75) is 19.2 Å². The summed E-state index contributed by atoms with van der Waals surface area (Å²) in [6.45, 7) is 1.38. The van der Waals surface area contributed by atoms with Crippen LogP contribution in [0.25, 0.3) is 0 Å². The van der Waals surface area contributed by atoms with Crippen LogP contribution in [0.1, 0.15) is 24.3 Å². The highest BCUT2D eigenvalue weighted by atomic mass is 19.4. The van der Waals surface area contributed by atoms with E-state index in [4.69, 9.17) is 10.3 Å². The van der Waals surface area contributed by atoms with Crippen molar-refractivity contribution >= 4 is 5.71 Å². The molecule has 0 aromatic carbocycles. The summed E-state index contributed by atoms with van der Waals surface area (Å²) in [6, 6.07) is 2.07. The summed E-state index contributed by atoms with van der Waals surface area (Å²) in [5.74, 6) is 0. The maximum Gasteiger partial charge on any atom is 0.418 e. The standard InChI is InChI=1S/C9H9F3N2O2/c1-5(14-16)7-4-6(2-3-13-7)8(15)9(10,11)12/h2-4,8,15-16H,1H3. The third kappa shape index (κ3) is 2.69. The summed E-state index contributed by atoms with van der Waals surface area (Å²) in [4.78, 5) is 3.71. The van der Waals surface area contributed by atoms with Gasteiger partial charge in [0.15, 0.2) is 6.10 Å². The van der Waals surface area contributed by atoms with Crippen molar-refractivity contribution in [3.05, 3.63) is 29.6 Å². The van der Waals surface area contributed by atoms with E-state index in [-0.39, 0.29) is 17.0 Å². The molecule has 0 aliphatic carbocycles. The highest BCUT2D eigenvalue weighted by molar-refractivity contribution is 5.96. The van der Waals surface area contributed by atoms with Crippen LogP contribution in [0.4, 0.5) is 13.2 Å². The Kier molecular flexibility index (Phi) is 3.48. The Morgan fingerprint density at radius 3 is 2.62 bits per heavy atom. The highest BCUT2D eigenvalue weighted by Gasteiger charge is 2.39. The van der Waals surface area contributed by atoms with E-state index in [1.165, 1.54) is 6.92 Å². The second-order valence-corrected chi connectivity index (χ2v) is 3.10. The fourth-order valence-corrected chi connectivity index (χ4v) is 1.06. The number of aromatic nitrogens is 1. The number of hydrogen-bond acceptors (Lipinski definition) is 4. The zero-order valence-electron chi connectivity index (χ0n) is 8.23. The van der Waals surface area contributed by atoms with Crippen LogP contribution in [-0.4, -0.2) is 27.2 Å². The first kappa shape index (κ1) is 12.4. The van der Waals surface area contributed by atoms with Crippen molar-refractivity contribution in [1.82, 2.24) is 4.98 Å². The van der Waals surface area contributed by atoms with Crippen molar-refractivity contribution < 1.29 is 23.5 Å². The summed E-state index contributed by atoms with van der Waals surface area (Å²) >= 11 is 0. The lowest BCUT2D eigenvalue weighted by Crippen LogP contribution is -2.20. The molecule has 1 aromatic heterocycles. The van der Waals surface area contributed by atoms with Gasteiger partial charge < -0.3 is 10.3 Å². The van der Waals surface area contributed by atoms with Crippen LogP contribution < -0.4 is 0 Å². The minimum absolute atomic E-state index is 0.0659. The SMILES string of the molecule is CC(=NO)c1cc(C(O)C(F)(F)F)ccn1. The molecular weight excluding hydrogens is 225 g/mol. The number of nitrogens with zero attached hydrogens (tertiary/aromatic N) is 2. The second kappa shape index (κ2) is 4.48. The number of aliphatic hydroxyl groups excluding tert-OH is 1. The molecule has 7 heteroatoms. The Labute approximate surface area is 89.0 Å². The first-order chi connectivity index (χ1) is 7.36. The van der Waals surface area contributed by atoms with Gasteiger partial charge in [0.2, 0.25) is 0 Å². The first-order valence-electron chi connectivity index (χ1n) is 4.26. The van der Waals surface area contributed by atoms with Crippen molar-refractivity contribution in [3.8, 4) is 0 Å². The van der Waals surface area contributed by atoms with Crippen LogP contribution in [0.5, 0.6) is 0 Å². The molecule has 2 N–H and O–H groups in total. The third-order valence-electron chi connectivity index (χ3n) is 1.93. The third-order valence-corrected chi connectivity index (χ3v) is 1.93. The van der Waals surface area contributed by atoms with Gasteiger partial charge in [-0.3, -0.25) is 4.98 Å². The molecule has 0 fully saturated rings. The quantitative estimate of drug-likeness (QED) is 0.466. The monoisotopic (exact) mass is 234 g/mol. The Bertz CT molecular complexity index is 404. The van der Waals surface area contributed by atoms with E-state index in [2.05, 4.69) is 10.1 Å². The van der Waals surface area contributed by atoms with Crippen molar-refractivity contribution in [3.63, 3.8) is 0 Å². The largest absolute Gasteiger partial charge is 0.418 e. The summed E-state index contributed by atoms with van der Waals surface area (Å²) in [7, 11) is 0. The molecule has 0 saturated carbocycles. The lowest BCUT2D eigenvalue weighted by molar-refractivity contribution is -0.206. The highest BCUT2D eigenvalue weighted by Crippen LogP contribution is 2.32. The van der Waals surface area contributed by atoms with Crippen LogP contribution in [-0.2, 0) is 0 Å². The van der Waals surface area contributed by atoms with Gasteiger partial charge in [0.25, 0.3) is 0 Å². The average molecular weight is 234 g/mol. The average Bonchev–Trinajstić information content (AvgIpc) is 2.26. The van der Waals surface area contributed by atoms with Crippen LogP contribution in [0, 0.1) is 0 Å². The molecule has 1 unspecified atom stereocenters. The van der Waals surface area contributed by atoms with Crippen molar-refractivity contribution in [2.75, 3.05) is 0 Å². The van der Waals surface area contributed by atoms with Gasteiger partial charge in [-0.05, 0) is 24.6 Å². The predicted octanol–water partition coefficient (Wildman–Crippen LogP) is 1.88. The summed E-state index contributed by atoms with van der Waals surface area (Å²) in [6.07, 6.45) is -6.20. The zero-order valence-corrected chi connectivity index (χ0v) is 8.23. The van der Waals surface area contributed by atoms with Crippen LogP contribution in [0.3, 0.4) is 0 Å². The number of rotatable bonds is 2. The van der Waals surface area contributed by atoms with Gasteiger partial charge >= 0.3 is 6.18 Å². The first-order valence-corrected chi connectivity index (χ1v) is 4.26. The Morgan fingerprint density at radius 1 is 1.50 bits per heavy atom. The lowest BCUT2D eigenvalue weighted by Gasteiger charge is -2.14. The number of oxime groups is 1. The summed E-state index contributed by atoms with van der Waals surface area (Å²) in [5.41, 5.74) is -0.208. The molecule has 1 heterocycles. The number of alkyl halides is 3.